The Hall–Kier alpha value is -2.30. The molecular weight excluding hydrogens is 294 g/mol. The van der Waals surface area contributed by atoms with Crippen LogP contribution in [0.1, 0.15) is 32.8 Å². The van der Waals surface area contributed by atoms with Crippen LogP contribution in [-0.2, 0) is 16.1 Å². The molecule has 1 saturated heterocycles. The van der Waals surface area contributed by atoms with Gasteiger partial charge in [0.05, 0.1) is 13.2 Å². The molecule has 0 aliphatic carbocycles. The topological polar surface area (TPSA) is 66.8 Å². The van der Waals surface area contributed by atoms with E-state index in [2.05, 4.69) is 0 Å². The van der Waals surface area contributed by atoms with E-state index in [-0.39, 0.29) is 23.0 Å². The molecule has 0 bridgehead atoms. The fourth-order valence-electron chi connectivity index (χ4n) is 2.86. The van der Waals surface area contributed by atoms with Gasteiger partial charge < -0.3 is 14.7 Å². The third kappa shape index (κ3) is 3.55. The van der Waals surface area contributed by atoms with E-state index < -0.39 is 11.9 Å². The Morgan fingerprint density at radius 1 is 1.35 bits per heavy atom. The largest absolute Gasteiger partial charge is 0.512 e. The molecule has 0 spiro atoms. The Labute approximate surface area is 136 Å². The fourth-order valence-corrected chi connectivity index (χ4v) is 2.86. The quantitative estimate of drug-likeness (QED) is 0.515. The first-order valence-corrected chi connectivity index (χ1v) is 7.73. The number of likely N-dealkylation sites (tertiary alicyclic amines) is 1. The summed E-state index contributed by atoms with van der Waals surface area (Å²) in [5.74, 6) is 0.0786. The number of benzene rings is 1. The van der Waals surface area contributed by atoms with Gasteiger partial charge in [0.25, 0.3) is 5.91 Å². The molecule has 23 heavy (non-hydrogen) atoms. The first-order valence-electron chi connectivity index (χ1n) is 7.73. The van der Waals surface area contributed by atoms with Crippen molar-refractivity contribution in [3.8, 4) is 5.75 Å². The van der Waals surface area contributed by atoms with Gasteiger partial charge in [-0.05, 0) is 37.0 Å². The number of amides is 1. The summed E-state index contributed by atoms with van der Waals surface area (Å²) in [7, 11) is 1.58. The van der Waals surface area contributed by atoms with Crippen molar-refractivity contribution in [3.05, 3.63) is 41.2 Å². The first-order chi connectivity index (χ1) is 10.8. The highest BCUT2D eigenvalue weighted by atomic mass is 16.5. The lowest BCUT2D eigenvalue weighted by Gasteiger charge is -2.24. The molecule has 1 amide bonds. The summed E-state index contributed by atoms with van der Waals surface area (Å²) in [6.07, 6.45) is 0.575. The lowest BCUT2D eigenvalue weighted by atomic mass is 9.99. The average molecular weight is 317 g/mol. The Bertz CT molecular complexity index is 644. The number of rotatable bonds is 5. The molecule has 1 aliphatic rings. The summed E-state index contributed by atoms with van der Waals surface area (Å²) in [6.45, 7) is 5.71. The van der Waals surface area contributed by atoms with Crippen molar-refractivity contribution in [1.82, 2.24) is 4.90 Å². The van der Waals surface area contributed by atoms with Gasteiger partial charge in [0.1, 0.15) is 17.1 Å². The zero-order valence-electron chi connectivity index (χ0n) is 14.0. The minimum Gasteiger partial charge on any atom is -0.512 e. The molecule has 0 saturated carbocycles. The van der Waals surface area contributed by atoms with E-state index in [0.29, 0.717) is 18.7 Å². The Morgan fingerprint density at radius 3 is 2.61 bits per heavy atom. The molecule has 1 fully saturated rings. The number of carbonyl (C=O) groups is 2. The molecule has 1 N–H and O–H groups in total. The van der Waals surface area contributed by atoms with Crippen LogP contribution in [0.4, 0.5) is 0 Å². The van der Waals surface area contributed by atoms with Crippen molar-refractivity contribution >= 4 is 11.7 Å². The Balaban J connectivity index is 2.34. The van der Waals surface area contributed by atoms with Crippen LogP contribution in [0, 0.1) is 5.92 Å². The number of ether oxygens (including phenoxy) is 1. The minimum absolute atomic E-state index is 0.0847. The average Bonchev–Trinajstić information content (AvgIpc) is 2.71. The molecule has 2 rings (SSSR count). The van der Waals surface area contributed by atoms with Crippen molar-refractivity contribution in [2.75, 3.05) is 7.11 Å². The number of ketones is 1. The second kappa shape index (κ2) is 6.86. The van der Waals surface area contributed by atoms with Crippen molar-refractivity contribution in [2.45, 2.75) is 39.8 Å². The molecule has 124 valence electrons. The predicted octanol–water partition coefficient (Wildman–Crippen LogP) is 2.85. The third-order valence-corrected chi connectivity index (χ3v) is 3.94. The van der Waals surface area contributed by atoms with Crippen molar-refractivity contribution in [3.63, 3.8) is 0 Å². The first kappa shape index (κ1) is 17.1. The number of carbonyl (C=O) groups excluding carboxylic acids is 2. The molecule has 0 radical (unpaired) electrons. The van der Waals surface area contributed by atoms with Gasteiger partial charge in [0, 0.05) is 6.54 Å². The van der Waals surface area contributed by atoms with Crippen molar-refractivity contribution in [1.29, 1.82) is 0 Å². The van der Waals surface area contributed by atoms with Crippen LogP contribution >= 0.6 is 0 Å². The van der Waals surface area contributed by atoms with E-state index in [1.54, 1.807) is 12.0 Å². The van der Waals surface area contributed by atoms with Gasteiger partial charge in [-0.3, -0.25) is 9.59 Å². The highest BCUT2D eigenvalue weighted by molar-refractivity contribution is 6.26. The SMILES string of the molecule is COc1cccc(CN2C(=O)C(=C(C)O)C(=O)[C@@H]2CC(C)C)c1. The van der Waals surface area contributed by atoms with Gasteiger partial charge in [0.15, 0.2) is 5.78 Å². The van der Waals surface area contributed by atoms with Crippen LogP contribution < -0.4 is 4.74 Å². The van der Waals surface area contributed by atoms with Crippen molar-refractivity contribution in [2.24, 2.45) is 5.92 Å². The number of allylic oxidation sites excluding steroid dienone is 1. The van der Waals surface area contributed by atoms with Crippen LogP contribution in [-0.4, -0.2) is 34.8 Å². The molecule has 1 heterocycles. The van der Waals surface area contributed by atoms with E-state index in [9.17, 15) is 14.7 Å². The summed E-state index contributed by atoms with van der Waals surface area (Å²) in [5, 5.41) is 9.70. The van der Waals surface area contributed by atoms with Gasteiger partial charge in [-0.25, -0.2) is 0 Å². The fraction of sp³-hybridized carbons (Fsp3) is 0.444. The van der Waals surface area contributed by atoms with E-state index in [0.717, 1.165) is 5.56 Å². The van der Waals surface area contributed by atoms with Gasteiger partial charge in [-0.1, -0.05) is 26.0 Å². The summed E-state index contributed by atoms with van der Waals surface area (Å²) >= 11 is 0. The minimum atomic E-state index is -0.522. The van der Waals surface area contributed by atoms with Gasteiger partial charge >= 0.3 is 0 Å². The number of methoxy groups -OCH3 is 1. The van der Waals surface area contributed by atoms with Crippen LogP contribution in [0.25, 0.3) is 0 Å². The molecule has 1 atom stereocenters. The molecule has 1 aliphatic heterocycles. The lowest BCUT2D eigenvalue weighted by Crippen LogP contribution is -2.36. The Kier molecular flexibility index (Phi) is 5.08. The number of hydrogen-bond acceptors (Lipinski definition) is 4. The van der Waals surface area contributed by atoms with Crippen LogP contribution in [0.15, 0.2) is 35.6 Å². The number of hydrogen-bond donors (Lipinski definition) is 1. The number of nitrogens with zero attached hydrogens (tertiary/aromatic N) is 1. The van der Waals surface area contributed by atoms with Crippen LogP contribution in [0.3, 0.4) is 0 Å². The van der Waals surface area contributed by atoms with Gasteiger partial charge in [-0.2, -0.15) is 0 Å². The highest BCUT2D eigenvalue weighted by Crippen LogP contribution is 2.29. The molecular formula is C18H23NO4. The third-order valence-electron chi connectivity index (χ3n) is 3.94. The monoisotopic (exact) mass is 317 g/mol. The van der Waals surface area contributed by atoms with E-state index in [1.807, 2.05) is 38.1 Å². The second-order valence-electron chi connectivity index (χ2n) is 6.25. The van der Waals surface area contributed by atoms with Gasteiger partial charge in [-0.15, -0.1) is 0 Å². The van der Waals surface area contributed by atoms with E-state index >= 15 is 0 Å². The normalized spacial score (nSPS) is 20.4. The Morgan fingerprint density at radius 2 is 2.04 bits per heavy atom. The molecule has 1 aromatic carbocycles. The van der Waals surface area contributed by atoms with E-state index in [1.165, 1.54) is 6.92 Å². The molecule has 5 nitrogen and oxygen atoms in total. The highest BCUT2D eigenvalue weighted by Gasteiger charge is 2.44. The number of aliphatic hydroxyl groups excluding tert-OH is 1. The van der Waals surface area contributed by atoms with Gasteiger partial charge in [0.2, 0.25) is 0 Å². The smallest absolute Gasteiger partial charge is 0.261 e. The maximum absolute atomic E-state index is 12.6. The van der Waals surface area contributed by atoms with E-state index in [4.69, 9.17) is 4.74 Å². The number of aliphatic hydroxyl groups is 1. The zero-order chi connectivity index (χ0) is 17.1. The predicted molar refractivity (Wildman–Crippen MR) is 87.1 cm³/mol. The molecule has 1 aromatic rings. The standard InChI is InChI=1S/C18H23NO4/c1-11(2)8-15-17(21)16(12(3)20)18(22)19(15)10-13-6-5-7-14(9-13)23-4/h5-7,9,11,15,20H,8,10H2,1-4H3/t15-/m0/s1. The second-order valence-corrected chi connectivity index (χ2v) is 6.25. The summed E-state index contributed by atoms with van der Waals surface area (Å²) in [4.78, 5) is 26.6. The number of Topliss-reactive ketones (excluding diaryl/α,β-unsaturated/α-hetero) is 1. The zero-order valence-corrected chi connectivity index (χ0v) is 14.0. The maximum atomic E-state index is 12.6. The summed E-state index contributed by atoms with van der Waals surface area (Å²) in [6, 6.07) is 6.89. The molecule has 5 heteroatoms. The van der Waals surface area contributed by atoms with Crippen LogP contribution in [0.5, 0.6) is 5.75 Å². The lowest BCUT2D eigenvalue weighted by molar-refractivity contribution is -0.128. The summed E-state index contributed by atoms with van der Waals surface area (Å²) < 4.78 is 5.20. The molecule has 0 aromatic heterocycles. The summed E-state index contributed by atoms with van der Waals surface area (Å²) in [5.41, 5.74) is 0.801. The van der Waals surface area contributed by atoms with Crippen molar-refractivity contribution < 1.29 is 19.4 Å². The van der Waals surface area contributed by atoms with Crippen LogP contribution in [0.2, 0.25) is 0 Å². The maximum Gasteiger partial charge on any atom is 0.261 e. The molecule has 0 unspecified atom stereocenters.